The minimum Gasteiger partial charge on any atom is -0.466 e. The van der Waals surface area contributed by atoms with Crippen LogP contribution in [0.25, 0.3) is 10.6 Å². The highest BCUT2D eigenvalue weighted by Crippen LogP contribution is 2.33. The molecule has 0 radical (unpaired) electrons. The predicted molar refractivity (Wildman–Crippen MR) is 97.5 cm³/mol. The van der Waals surface area contributed by atoms with Crippen molar-refractivity contribution in [3.8, 4) is 10.6 Å². The SMILES string of the molecule is CCOC(=O)C1CCN(C(=O)c2sc(-c3c(F)cccc3F)nc2C)CC1. The minimum absolute atomic E-state index is 0.146. The standard InChI is InChI=1S/C19H20F2N2O3S/c1-3-26-19(25)12-7-9-23(10-8-12)18(24)16-11(2)22-17(27-16)15-13(20)5-4-6-14(15)21/h4-6,12H,3,7-10H2,1-2H3. The summed E-state index contributed by atoms with van der Waals surface area (Å²) in [4.78, 5) is 30.9. The number of carbonyl (C=O) groups is 2. The van der Waals surface area contributed by atoms with Gasteiger partial charge in [0.15, 0.2) is 0 Å². The number of aromatic nitrogens is 1. The molecule has 0 atom stereocenters. The number of amides is 1. The van der Waals surface area contributed by atoms with Crippen molar-refractivity contribution >= 4 is 23.2 Å². The van der Waals surface area contributed by atoms with Gasteiger partial charge in [0, 0.05) is 13.1 Å². The number of hydrogen-bond acceptors (Lipinski definition) is 5. The summed E-state index contributed by atoms with van der Waals surface area (Å²) < 4.78 is 33.0. The lowest BCUT2D eigenvalue weighted by molar-refractivity contribution is -0.149. The third kappa shape index (κ3) is 4.00. The number of nitrogens with zero attached hydrogens (tertiary/aromatic N) is 2. The highest BCUT2D eigenvalue weighted by Gasteiger charge is 2.30. The molecule has 1 amide bonds. The summed E-state index contributed by atoms with van der Waals surface area (Å²) in [6.45, 7) is 4.62. The van der Waals surface area contributed by atoms with Crippen LogP contribution < -0.4 is 0 Å². The molecule has 3 rings (SSSR count). The number of thiazole rings is 1. The Morgan fingerprint density at radius 1 is 1.26 bits per heavy atom. The molecule has 1 aromatic heterocycles. The van der Waals surface area contributed by atoms with Crippen molar-refractivity contribution in [2.75, 3.05) is 19.7 Å². The zero-order chi connectivity index (χ0) is 19.6. The number of ether oxygens (including phenoxy) is 1. The van der Waals surface area contributed by atoms with Crippen molar-refractivity contribution in [1.29, 1.82) is 0 Å². The molecule has 27 heavy (non-hydrogen) atoms. The van der Waals surface area contributed by atoms with Crippen molar-refractivity contribution in [3.05, 3.63) is 40.4 Å². The van der Waals surface area contributed by atoms with Gasteiger partial charge < -0.3 is 9.64 Å². The second-order valence-corrected chi connectivity index (χ2v) is 7.35. The van der Waals surface area contributed by atoms with Gasteiger partial charge in [0.05, 0.1) is 23.8 Å². The number of aryl methyl sites for hydroxylation is 1. The lowest BCUT2D eigenvalue weighted by atomic mass is 9.97. The van der Waals surface area contributed by atoms with Gasteiger partial charge in [0.25, 0.3) is 5.91 Å². The number of piperidine rings is 1. The van der Waals surface area contributed by atoms with Crippen LogP contribution in [0.4, 0.5) is 8.78 Å². The third-order valence-corrected chi connectivity index (χ3v) is 5.73. The summed E-state index contributed by atoms with van der Waals surface area (Å²) in [6.07, 6.45) is 1.08. The molecule has 8 heteroatoms. The Kier molecular flexibility index (Phi) is 5.84. The molecule has 1 aliphatic rings. The summed E-state index contributed by atoms with van der Waals surface area (Å²) in [5.41, 5.74) is 0.223. The number of benzene rings is 1. The van der Waals surface area contributed by atoms with Gasteiger partial charge in [-0.2, -0.15) is 0 Å². The molecule has 0 bridgehead atoms. The van der Waals surface area contributed by atoms with Crippen LogP contribution in [0.1, 0.15) is 35.1 Å². The Labute approximate surface area is 160 Å². The van der Waals surface area contributed by atoms with E-state index in [1.54, 1.807) is 18.7 Å². The molecule has 0 spiro atoms. The van der Waals surface area contributed by atoms with E-state index in [9.17, 15) is 18.4 Å². The van der Waals surface area contributed by atoms with Gasteiger partial charge in [0.1, 0.15) is 21.5 Å². The molecule has 0 saturated carbocycles. The Morgan fingerprint density at radius 3 is 2.48 bits per heavy atom. The molecular weight excluding hydrogens is 374 g/mol. The van der Waals surface area contributed by atoms with Gasteiger partial charge in [0.2, 0.25) is 0 Å². The largest absolute Gasteiger partial charge is 0.466 e. The number of carbonyl (C=O) groups excluding carboxylic acids is 2. The Hall–Kier alpha value is -2.35. The molecule has 1 aliphatic heterocycles. The van der Waals surface area contributed by atoms with E-state index in [1.807, 2.05) is 0 Å². The Balaban J connectivity index is 1.75. The molecule has 5 nitrogen and oxygen atoms in total. The molecular formula is C19H20F2N2O3S. The highest BCUT2D eigenvalue weighted by atomic mass is 32.1. The fraction of sp³-hybridized carbons (Fsp3) is 0.421. The van der Waals surface area contributed by atoms with Crippen LogP contribution >= 0.6 is 11.3 Å². The number of hydrogen-bond donors (Lipinski definition) is 0. The van der Waals surface area contributed by atoms with Crippen molar-refractivity contribution < 1.29 is 23.1 Å². The topological polar surface area (TPSA) is 59.5 Å². The normalized spacial score (nSPS) is 15.0. The van der Waals surface area contributed by atoms with Gasteiger partial charge in [-0.1, -0.05) is 6.07 Å². The molecule has 2 aromatic rings. The highest BCUT2D eigenvalue weighted by molar-refractivity contribution is 7.17. The summed E-state index contributed by atoms with van der Waals surface area (Å²) >= 11 is 0.984. The third-order valence-electron chi connectivity index (χ3n) is 4.57. The summed E-state index contributed by atoms with van der Waals surface area (Å²) in [6, 6.07) is 3.61. The second-order valence-electron chi connectivity index (χ2n) is 6.35. The van der Waals surface area contributed by atoms with Crippen molar-refractivity contribution in [1.82, 2.24) is 9.88 Å². The fourth-order valence-electron chi connectivity index (χ4n) is 3.13. The molecule has 0 N–H and O–H groups in total. The Bertz CT molecular complexity index is 840. The zero-order valence-corrected chi connectivity index (χ0v) is 15.9. The monoisotopic (exact) mass is 394 g/mol. The predicted octanol–water partition coefficient (Wildman–Crippen LogP) is 3.81. The van der Waals surface area contributed by atoms with Gasteiger partial charge in [-0.15, -0.1) is 11.3 Å². The van der Waals surface area contributed by atoms with Gasteiger partial charge in [-0.05, 0) is 38.8 Å². The molecule has 0 unspecified atom stereocenters. The van der Waals surface area contributed by atoms with E-state index in [-0.39, 0.29) is 28.4 Å². The van der Waals surface area contributed by atoms with Crippen LogP contribution in [-0.4, -0.2) is 41.5 Å². The molecule has 1 saturated heterocycles. The molecule has 144 valence electrons. The first kappa shape index (κ1) is 19.4. The second kappa shape index (κ2) is 8.12. The first-order valence-corrected chi connectivity index (χ1v) is 9.61. The van der Waals surface area contributed by atoms with E-state index < -0.39 is 11.6 Å². The zero-order valence-electron chi connectivity index (χ0n) is 15.1. The summed E-state index contributed by atoms with van der Waals surface area (Å²) in [5.74, 6) is -2.07. The van der Waals surface area contributed by atoms with Crippen molar-refractivity contribution in [3.63, 3.8) is 0 Å². The van der Waals surface area contributed by atoms with E-state index in [1.165, 1.54) is 6.07 Å². The average Bonchev–Trinajstić information content (AvgIpc) is 3.02. The van der Waals surface area contributed by atoms with Crippen LogP contribution in [0, 0.1) is 24.5 Å². The van der Waals surface area contributed by atoms with E-state index >= 15 is 0 Å². The maximum absolute atomic E-state index is 14.0. The van der Waals surface area contributed by atoms with Crippen LogP contribution in [0.5, 0.6) is 0 Å². The molecule has 1 fully saturated rings. The lowest BCUT2D eigenvalue weighted by Crippen LogP contribution is -2.40. The van der Waals surface area contributed by atoms with Gasteiger partial charge in [-0.25, -0.2) is 13.8 Å². The minimum atomic E-state index is -0.710. The maximum atomic E-state index is 14.0. The van der Waals surface area contributed by atoms with Crippen LogP contribution in [-0.2, 0) is 9.53 Å². The van der Waals surface area contributed by atoms with Gasteiger partial charge >= 0.3 is 5.97 Å². The van der Waals surface area contributed by atoms with Crippen molar-refractivity contribution in [2.24, 2.45) is 5.92 Å². The van der Waals surface area contributed by atoms with Crippen LogP contribution in [0.3, 0.4) is 0 Å². The van der Waals surface area contributed by atoms with E-state index in [0.717, 1.165) is 23.5 Å². The van der Waals surface area contributed by atoms with E-state index in [2.05, 4.69) is 4.98 Å². The van der Waals surface area contributed by atoms with Gasteiger partial charge in [-0.3, -0.25) is 9.59 Å². The van der Waals surface area contributed by atoms with Crippen LogP contribution in [0.15, 0.2) is 18.2 Å². The summed E-state index contributed by atoms with van der Waals surface area (Å²) in [5, 5.41) is 0.146. The number of rotatable bonds is 4. The smallest absolute Gasteiger partial charge is 0.309 e. The quantitative estimate of drug-likeness (QED) is 0.740. The number of halogens is 2. The molecule has 0 aliphatic carbocycles. The summed E-state index contributed by atoms with van der Waals surface area (Å²) in [7, 11) is 0. The lowest BCUT2D eigenvalue weighted by Gasteiger charge is -2.30. The first-order chi connectivity index (χ1) is 12.9. The van der Waals surface area contributed by atoms with Crippen molar-refractivity contribution in [2.45, 2.75) is 26.7 Å². The van der Waals surface area contributed by atoms with E-state index in [4.69, 9.17) is 4.74 Å². The average molecular weight is 394 g/mol. The number of likely N-dealkylation sites (tertiary alicyclic amines) is 1. The molecule has 2 heterocycles. The molecule has 1 aromatic carbocycles. The van der Waals surface area contributed by atoms with Crippen LogP contribution in [0.2, 0.25) is 0 Å². The first-order valence-electron chi connectivity index (χ1n) is 8.80. The fourth-order valence-corrected chi connectivity index (χ4v) is 4.21. The number of esters is 1. The van der Waals surface area contributed by atoms with E-state index in [0.29, 0.717) is 43.1 Å². The Morgan fingerprint density at radius 2 is 1.89 bits per heavy atom. The maximum Gasteiger partial charge on any atom is 0.309 e.